The van der Waals surface area contributed by atoms with Crippen LogP contribution in [0.4, 0.5) is 8.78 Å². The third-order valence-corrected chi connectivity index (χ3v) is 3.28. The Kier molecular flexibility index (Phi) is 11.2. The van der Waals surface area contributed by atoms with E-state index in [0.717, 1.165) is 5.57 Å². The van der Waals surface area contributed by atoms with Gasteiger partial charge in [0.15, 0.2) is 0 Å². The highest BCUT2D eigenvalue weighted by atomic mass is 19.3. The molecule has 0 aliphatic heterocycles. The monoisotopic (exact) mass is 333 g/mol. The van der Waals surface area contributed by atoms with Gasteiger partial charge in [-0.25, -0.2) is 13.8 Å². The third kappa shape index (κ3) is 9.98. The van der Waals surface area contributed by atoms with Crippen molar-refractivity contribution >= 4 is 6.72 Å². The van der Waals surface area contributed by atoms with Crippen LogP contribution in [0.1, 0.15) is 20.3 Å². The van der Waals surface area contributed by atoms with Gasteiger partial charge in [0.2, 0.25) is 0 Å². The Morgan fingerprint density at radius 2 is 2.13 bits per heavy atom. The lowest BCUT2D eigenvalue weighted by molar-refractivity contribution is 0.0988. The van der Waals surface area contributed by atoms with Crippen LogP contribution in [0.3, 0.4) is 0 Å². The summed E-state index contributed by atoms with van der Waals surface area (Å²) in [6.07, 6.45) is 1.52. The fraction of sp³-hybridized carbons (Fsp3) is 0.667. The second-order valence-corrected chi connectivity index (χ2v) is 5.35. The molecule has 8 heteroatoms. The second-order valence-electron chi connectivity index (χ2n) is 5.35. The highest BCUT2D eigenvalue weighted by Crippen LogP contribution is 2.09. The van der Waals surface area contributed by atoms with Crippen molar-refractivity contribution in [3.63, 3.8) is 0 Å². The minimum Gasteiger partial charge on any atom is -0.417 e. The molecule has 0 saturated heterocycles. The van der Waals surface area contributed by atoms with Crippen LogP contribution in [0.25, 0.3) is 0 Å². The van der Waals surface area contributed by atoms with Gasteiger partial charge in [0.05, 0.1) is 12.6 Å². The van der Waals surface area contributed by atoms with Gasteiger partial charge in [-0.2, -0.15) is 5.48 Å². The largest absolute Gasteiger partial charge is 0.417 e. The first-order valence-corrected chi connectivity index (χ1v) is 7.47. The molecule has 0 aromatic rings. The normalized spacial score (nSPS) is 15.7. The summed E-state index contributed by atoms with van der Waals surface area (Å²) in [4.78, 5) is 10.4. The van der Waals surface area contributed by atoms with Crippen molar-refractivity contribution in [2.45, 2.75) is 38.8 Å². The molecule has 6 nitrogen and oxygen atoms in total. The fourth-order valence-corrected chi connectivity index (χ4v) is 1.82. The molecule has 0 bridgehead atoms. The summed E-state index contributed by atoms with van der Waals surface area (Å²) >= 11 is 0. The van der Waals surface area contributed by atoms with Crippen LogP contribution in [0.5, 0.6) is 0 Å². The van der Waals surface area contributed by atoms with Crippen LogP contribution in [0.15, 0.2) is 28.7 Å². The zero-order chi connectivity index (χ0) is 17.8. The van der Waals surface area contributed by atoms with Gasteiger partial charge in [-0.3, -0.25) is 0 Å². The molecule has 2 unspecified atom stereocenters. The van der Waals surface area contributed by atoms with E-state index in [2.05, 4.69) is 22.5 Å². The molecule has 0 aliphatic carbocycles. The van der Waals surface area contributed by atoms with Crippen molar-refractivity contribution in [2.75, 3.05) is 27.2 Å². The molecule has 0 fully saturated rings. The quantitative estimate of drug-likeness (QED) is 0.287. The Hall–Kier alpha value is -1.51. The van der Waals surface area contributed by atoms with Crippen LogP contribution in [0.2, 0.25) is 0 Å². The van der Waals surface area contributed by atoms with Gasteiger partial charge < -0.3 is 20.8 Å². The van der Waals surface area contributed by atoms with Gasteiger partial charge >= 0.3 is 0 Å². The molecule has 2 atom stereocenters. The van der Waals surface area contributed by atoms with Crippen molar-refractivity contribution in [3.05, 3.63) is 23.7 Å². The van der Waals surface area contributed by atoms with E-state index in [0.29, 0.717) is 18.8 Å². The van der Waals surface area contributed by atoms with Crippen molar-refractivity contribution in [1.82, 2.24) is 15.7 Å². The van der Waals surface area contributed by atoms with Gasteiger partial charge in [0.1, 0.15) is 12.1 Å². The number of nitrogens with one attached hydrogen (secondary N) is 2. The molecule has 0 heterocycles. The fourth-order valence-electron chi connectivity index (χ4n) is 1.82. The topological polar surface area (TPSA) is 74.9 Å². The number of hydroxylamine groups is 1. The van der Waals surface area contributed by atoms with Gasteiger partial charge in [-0.15, -0.1) is 0 Å². The molecule has 0 aliphatic rings. The van der Waals surface area contributed by atoms with Crippen LogP contribution < -0.4 is 16.5 Å². The number of aliphatic imine (C=N–C) groups is 1. The Morgan fingerprint density at radius 3 is 2.65 bits per heavy atom. The smallest absolute Gasteiger partial charge is 0.251 e. The van der Waals surface area contributed by atoms with Gasteiger partial charge in [-0.05, 0) is 52.2 Å². The summed E-state index contributed by atoms with van der Waals surface area (Å²) in [5, 5.41) is 3.21. The molecule has 0 rings (SSSR count). The van der Waals surface area contributed by atoms with Gasteiger partial charge in [0.25, 0.3) is 6.43 Å². The maximum Gasteiger partial charge on any atom is 0.251 e. The Bertz CT molecular complexity index is 401. The maximum atomic E-state index is 12.3. The summed E-state index contributed by atoms with van der Waals surface area (Å²) in [7, 11) is 3.32. The van der Waals surface area contributed by atoms with Crippen molar-refractivity contribution in [3.8, 4) is 0 Å². The molecule has 0 aromatic carbocycles. The van der Waals surface area contributed by atoms with Gasteiger partial charge in [0, 0.05) is 13.1 Å². The standard InChI is InChI=1S/C15H29F2N5O/c1-11(6-8-22(5)10-14(16)17)21-15(19-3)12(2)13(18)7-9-23-20-4/h7,9,11,13-14,20-21H,3,6,8,10,18H2,1-2,4-5H3/b9-7+,15-12+. The summed E-state index contributed by atoms with van der Waals surface area (Å²) in [5.74, 6) is 0.593. The molecule has 0 saturated carbocycles. The molecule has 4 N–H and O–H groups in total. The van der Waals surface area contributed by atoms with Crippen LogP contribution >= 0.6 is 0 Å². The van der Waals surface area contributed by atoms with Crippen LogP contribution in [-0.4, -0.2) is 57.3 Å². The number of halogens is 2. The summed E-state index contributed by atoms with van der Waals surface area (Å²) in [5.41, 5.74) is 9.33. The van der Waals surface area contributed by atoms with E-state index in [1.165, 1.54) is 6.26 Å². The molecular formula is C15H29F2N5O. The van der Waals surface area contributed by atoms with Crippen LogP contribution in [-0.2, 0) is 4.84 Å². The summed E-state index contributed by atoms with van der Waals surface area (Å²) < 4.78 is 24.5. The predicted octanol–water partition coefficient (Wildman–Crippen LogP) is 1.48. The first kappa shape index (κ1) is 21.5. The SMILES string of the molecule is C=N/C(NC(C)CCN(C)CC(F)F)=C(/C)C(N)/C=C/ONC. The number of alkyl halides is 2. The molecule has 23 heavy (non-hydrogen) atoms. The molecule has 0 radical (unpaired) electrons. The molecule has 0 amide bonds. The summed E-state index contributed by atoms with van der Waals surface area (Å²) in [6, 6.07) is -0.319. The minimum absolute atomic E-state index is 0.0512. The molecule has 0 aromatic heterocycles. The van der Waals surface area contributed by atoms with Gasteiger partial charge in [-0.1, -0.05) is 0 Å². The second kappa shape index (κ2) is 12.0. The minimum atomic E-state index is -2.32. The van der Waals surface area contributed by atoms with E-state index < -0.39 is 6.43 Å². The summed E-state index contributed by atoms with van der Waals surface area (Å²) in [6.45, 7) is 7.68. The van der Waals surface area contributed by atoms with Crippen molar-refractivity contribution in [2.24, 2.45) is 10.7 Å². The van der Waals surface area contributed by atoms with E-state index in [1.54, 1.807) is 25.1 Å². The number of rotatable bonds is 12. The lowest BCUT2D eigenvalue weighted by atomic mass is 10.1. The predicted molar refractivity (Wildman–Crippen MR) is 90.2 cm³/mol. The molecule has 134 valence electrons. The first-order valence-electron chi connectivity index (χ1n) is 7.47. The Balaban J connectivity index is 4.54. The van der Waals surface area contributed by atoms with E-state index in [4.69, 9.17) is 10.6 Å². The van der Waals surface area contributed by atoms with E-state index >= 15 is 0 Å². The van der Waals surface area contributed by atoms with Crippen molar-refractivity contribution < 1.29 is 13.6 Å². The van der Waals surface area contributed by atoms with Crippen LogP contribution in [0, 0.1) is 0 Å². The maximum absolute atomic E-state index is 12.3. The number of nitrogens with two attached hydrogens (primary N) is 1. The number of hydrogen-bond acceptors (Lipinski definition) is 6. The van der Waals surface area contributed by atoms with E-state index in [9.17, 15) is 8.78 Å². The average molecular weight is 333 g/mol. The first-order chi connectivity index (χ1) is 10.8. The number of hydrogen-bond donors (Lipinski definition) is 3. The molecular weight excluding hydrogens is 304 g/mol. The Labute approximate surface area is 137 Å². The highest BCUT2D eigenvalue weighted by Gasteiger charge is 2.12. The number of nitrogens with zero attached hydrogens (tertiary/aromatic N) is 2. The lowest BCUT2D eigenvalue weighted by Crippen LogP contribution is -2.33. The Morgan fingerprint density at radius 1 is 1.48 bits per heavy atom. The zero-order valence-corrected chi connectivity index (χ0v) is 14.4. The zero-order valence-electron chi connectivity index (χ0n) is 14.4. The van der Waals surface area contributed by atoms with Crippen molar-refractivity contribution in [1.29, 1.82) is 0 Å². The third-order valence-electron chi connectivity index (χ3n) is 3.28. The van der Waals surface area contributed by atoms with E-state index in [-0.39, 0.29) is 18.6 Å². The lowest BCUT2D eigenvalue weighted by Gasteiger charge is -2.22. The highest BCUT2D eigenvalue weighted by molar-refractivity contribution is 5.32. The molecule has 0 spiro atoms. The average Bonchev–Trinajstić information content (AvgIpc) is 2.49. The van der Waals surface area contributed by atoms with E-state index in [1.807, 2.05) is 13.8 Å².